The highest BCUT2D eigenvalue weighted by Gasteiger charge is 2.67. The molecule has 0 aliphatic carbocycles. The van der Waals surface area contributed by atoms with Crippen molar-refractivity contribution in [2.75, 3.05) is 6.61 Å². The average molecular weight is 869 g/mol. The summed E-state index contributed by atoms with van der Waals surface area (Å²) in [4.78, 5) is 13.4. The quantitative estimate of drug-likeness (QED) is 0.0383. The number of unbranched alkanes of at least 4 members (excludes halogenated alkanes) is 31. The van der Waals surface area contributed by atoms with E-state index in [9.17, 15) is 30.3 Å². The van der Waals surface area contributed by atoms with Crippen LogP contribution in [-0.2, 0) is 14.3 Å². The first-order valence-electron chi connectivity index (χ1n) is 26.4. The molecular formula is C53H104O8. The van der Waals surface area contributed by atoms with Gasteiger partial charge in [-0.3, -0.25) is 4.79 Å². The molecule has 0 amide bonds. The Morgan fingerprint density at radius 2 is 0.852 bits per heavy atom. The first-order chi connectivity index (χ1) is 29.1. The average Bonchev–Trinajstić information content (AvgIpc) is 3.21. The summed E-state index contributed by atoms with van der Waals surface area (Å²) in [5.41, 5.74) is -5.07. The van der Waals surface area contributed by atoms with Gasteiger partial charge in [0.1, 0.15) is 23.1 Å². The van der Waals surface area contributed by atoms with Gasteiger partial charge >= 0.3 is 0 Å². The molecular weight excluding hydrogens is 765 g/mol. The van der Waals surface area contributed by atoms with Crippen molar-refractivity contribution in [2.45, 2.75) is 321 Å². The monoisotopic (exact) mass is 869 g/mol. The zero-order valence-electron chi connectivity index (χ0n) is 41.4. The van der Waals surface area contributed by atoms with Gasteiger partial charge in [-0.15, -0.1) is 0 Å². The Hall–Kier alpha value is -0.610. The van der Waals surface area contributed by atoms with E-state index in [4.69, 9.17) is 9.47 Å². The summed E-state index contributed by atoms with van der Waals surface area (Å²) < 4.78 is 12.4. The standard InChI is InChI=1S/C53H104O8/c1-8-10-12-14-16-18-20-22-23-24-25-26-27-28-29-30-31-33-35-37-39-41-46(54)43-45(44-60-53(7)52(6,59)49(57)51(5,58)50(3,4)61-53)48(56)47(55)42-40-38-36-34-32-21-19-17-15-13-11-9-2/h45,47-49,55-59H,8-44H2,1-7H3/t45-,47+,48-,49+,51-,52?,53+/m0/s1. The molecule has 5 N–H and O–H groups in total. The molecule has 0 saturated carbocycles. The van der Waals surface area contributed by atoms with Crippen LogP contribution in [0.4, 0.5) is 0 Å². The zero-order valence-corrected chi connectivity index (χ0v) is 41.4. The minimum Gasteiger partial charge on any atom is -0.390 e. The summed E-state index contributed by atoms with van der Waals surface area (Å²) in [5.74, 6) is -2.46. The summed E-state index contributed by atoms with van der Waals surface area (Å²) in [6.45, 7) is 11.9. The third-order valence-electron chi connectivity index (χ3n) is 14.5. The van der Waals surface area contributed by atoms with Crippen LogP contribution in [0.1, 0.15) is 280 Å². The van der Waals surface area contributed by atoms with Crippen molar-refractivity contribution in [1.82, 2.24) is 0 Å². The van der Waals surface area contributed by atoms with Crippen molar-refractivity contribution >= 4 is 5.78 Å². The zero-order chi connectivity index (χ0) is 45.5. The summed E-state index contributed by atoms with van der Waals surface area (Å²) in [6.07, 6.45) is 39.2. The van der Waals surface area contributed by atoms with E-state index in [-0.39, 0.29) is 18.8 Å². The molecule has 0 aromatic heterocycles. The van der Waals surface area contributed by atoms with Gasteiger partial charge in [0.05, 0.1) is 24.4 Å². The van der Waals surface area contributed by atoms with E-state index in [1.807, 2.05) is 0 Å². The molecule has 0 aromatic carbocycles. The molecule has 8 nitrogen and oxygen atoms in total. The molecule has 1 aliphatic rings. The van der Waals surface area contributed by atoms with Crippen molar-refractivity contribution in [1.29, 1.82) is 0 Å². The van der Waals surface area contributed by atoms with Crippen LogP contribution in [0, 0.1) is 5.92 Å². The van der Waals surface area contributed by atoms with E-state index >= 15 is 0 Å². The van der Waals surface area contributed by atoms with Gasteiger partial charge in [0.2, 0.25) is 0 Å². The van der Waals surface area contributed by atoms with Gasteiger partial charge in [0.15, 0.2) is 5.79 Å². The molecule has 1 unspecified atom stereocenters. The molecule has 1 fully saturated rings. The van der Waals surface area contributed by atoms with Gasteiger partial charge in [-0.1, -0.05) is 219 Å². The highest BCUT2D eigenvalue weighted by atomic mass is 16.7. The van der Waals surface area contributed by atoms with E-state index < -0.39 is 46.8 Å². The highest BCUT2D eigenvalue weighted by Crippen LogP contribution is 2.48. The fraction of sp³-hybridized carbons (Fsp3) is 0.981. The number of carbonyl (C=O) groups is 1. The van der Waals surface area contributed by atoms with E-state index in [0.717, 1.165) is 38.5 Å². The largest absolute Gasteiger partial charge is 0.390 e. The minimum atomic E-state index is -2.01. The molecule has 1 aliphatic heterocycles. The summed E-state index contributed by atoms with van der Waals surface area (Å²) in [6, 6.07) is 0. The van der Waals surface area contributed by atoms with E-state index in [1.54, 1.807) is 13.8 Å². The Labute approximate surface area is 377 Å². The number of Topliss-reactive ketones (excluding diaryl/α,β-unsaturated/α-hetero) is 1. The maximum Gasteiger partial charge on any atom is 0.197 e. The lowest BCUT2D eigenvalue weighted by Crippen LogP contribution is -2.78. The molecule has 1 heterocycles. The number of aliphatic hydroxyl groups excluding tert-OH is 3. The van der Waals surface area contributed by atoms with Gasteiger partial charge in [0.25, 0.3) is 0 Å². The first-order valence-corrected chi connectivity index (χ1v) is 26.4. The Bertz CT molecular complexity index is 1050. The Kier molecular flexibility index (Phi) is 32.4. The van der Waals surface area contributed by atoms with E-state index in [2.05, 4.69) is 13.8 Å². The number of rotatable bonds is 42. The number of hydrogen-bond acceptors (Lipinski definition) is 8. The normalized spacial score (nSPS) is 24.2. The maximum absolute atomic E-state index is 13.4. The molecule has 364 valence electrons. The van der Waals surface area contributed by atoms with Gasteiger partial charge in [-0.25, -0.2) is 0 Å². The number of ether oxygens (including phenoxy) is 2. The fourth-order valence-electron chi connectivity index (χ4n) is 9.37. The highest BCUT2D eigenvalue weighted by molar-refractivity contribution is 5.78. The second-order valence-corrected chi connectivity index (χ2v) is 20.6. The Balaban J connectivity index is 2.45. The SMILES string of the molecule is CCCCCCCCCCCCCCCCCCCCCCCC(=O)C[C@@H](CO[C@]1(C)OC(C)(C)[C@@](C)(O)[C@@H](O)C1(C)O)[C@H](O)[C@H](O)CCCCCCCCCCCCCC. The summed E-state index contributed by atoms with van der Waals surface area (Å²) in [7, 11) is 0. The second kappa shape index (κ2) is 33.8. The molecule has 0 radical (unpaired) electrons. The van der Waals surface area contributed by atoms with Gasteiger partial charge in [0, 0.05) is 18.8 Å². The van der Waals surface area contributed by atoms with Gasteiger partial charge in [-0.2, -0.15) is 0 Å². The number of ketones is 1. The van der Waals surface area contributed by atoms with E-state index in [0.29, 0.717) is 12.8 Å². The van der Waals surface area contributed by atoms with E-state index in [1.165, 1.54) is 194 Å². The lowest BCUT2D eigenvalue weighted by atomic mass is 9.69. The topological polar surface area (TPSA) is 137 Å². The third kappa shape index (κ3) is 23.9. The van der Waals surface area contributed by atoms with Crippen LogP contribution < -0.4 is 0 Å². The van der Waals surface area contributed by atoms with Crippen LogP contribution in [-0.4, -0.2) is 78.8 Å². The Morgan fingerprint density at radius 3 is 1.21 bits per heavy atom. The maximum atomic E-state index is 13.4. The lowest BCUT2D eigenvalue weighted by Gasteiger charge is -2.60. The van der Waals surface area contributed by atoms with Crippen LogP contribution in [0.3, 0.4) is 0 Å². The van der Waals surface area contributed by atoms with Crippen LogP contribution in [0.25, 0.3) is 0 Å². The second-order valence-electron chi connectivity index (χ2n) is 20.6. The fourth-order valence-corrected chi connectivity index (χ4v) is 9.37. The molecule has 7 atom stereocenters. The molecule has 1 saturated heterocycles. The molecule has 61 heavy (non-hydrogen) atoms. The minimum absolute atomic E-state index is 0.0211. The molecule has 1 rings (SSSR count). The number of carbonyl (C=O) groups excluding carboxylic acids is 1. The summed E-state index contributed by atoms with van der Waals surface area (Å²) >= 11 is 0. The molecule has 0 spiro atoms. The predicted molar refractivity (Wildman–Crippen MR) is 255 cm³/mol. The van der Waals surface area contributed by atoms with Crippen molar-refractivity contribution < 1.29 is 39.8 Å². The smallest absolute Gasteiger partial charge is 0.197 e. The van der Waals surface area contributed by atoms with Gasteiger partial charge in [-0.05, 0) is 47.5 Å². The van der Waals surface area contributed by atoms with Crippen LogP contribution in [0.2, 0.25) is 0 Å². The van der Waals surface area contributed by atoms with Crippen molar-refractivity contribution in [2.24, 2.45) is 5.92 Å². The first kappa shape index (κ1) is 58.4. The van der Waals surface area contributed by atoms with Crippen LogP contribution in [0.15, 0.2) is 0 Å². The summed E-state index contributed by atoms with van der Waals surface area (Å²) in [5, 5.41) is 56.2. The number of hydrogen-bond donors (Lipinski definition) is 5. The van der Waals surface area contributed by atoms with Crippen molar-refractivity contribution in [3.8, 4) is 0 Å². The van der Waals surface area contributed by atoms with Crippen LogP contribution in [0.5, 0.6) is 0 Å². The van der Waals surface area contributed by atoms with Crippen molar-refractivity contribution in [3.63, 3.8) is 0 Å². The molecule has 0 aromatic rings. The predicted octanol–water partition coefficient (Wildman–Crippen LogP) is 13.4. The Morgan fingerprint density at radius 1 is 0.525 bits per heavy atom. The van der Waals surface area contributed by atoms with Crippen LogP contribution >= 0.6 is 0 Å². The third-order valence-corrected chi connectivity index (χ3v) is 14.5. The molecule has 8 heteroatoms. The lowest BCUT2D eigenvalue weighted by molar-refractivity contribution is -0.429. The number of aliphatic hydroxyl groups is 5. The van der Waals surface area contributed by atoms with Crippen molar-refractivity contribution in [3.05, 3.63) is 0 Å². The van der Waals surface area contributed by atoms with Gasteiger partial charge < -0.3 is 35.0 Å². The molecule has 0 bridgehead atoms.